The van der Waals surface area contributed by atoms with Crippen LogP contribution in [-0.4, -0.2) is 29.5 Å². The molecule has 0 saturated carbocycles. The van der Waals surface area contributed by atoms with Gasteiger partial charge in [-0.1, -0.05) is 22.6 Å². The van der Waals surface area contributed by atoms with E-state index in [0.717, 1.165) is 11.3 Å². The molecule has 1 unspecified atom stereocenters. The summed E-state index contributed by atoms with van der Waals surface area (Å²) < 4.78 is 9.57. The van der Waals surface area contributed by atoms with E-state index >= 15 is 0 Å². The number of ether oxygens (including phenoxy) is 1. The van der Waals surface area contributed by atoms with Gasteiger partial charge in [-0.05, 0) is 20.8 Å². The molecule has 0 fully saturated rings. The number of aryl methyl sites for hydroxylation is 2. The number of furan rings is 1. The van der Waals surface area contributed by atoms with Crippen LogP contribution in [0.5, 0.6) is 0 Å². The third-order valence-corrected chi connectivity index (χ3v) is 3.64. The van der Waals surface area contributed by atoms with E-state index in [1.54, 1.807) is 6.92 Å². The number of alkyl halides is 1. The quantitative estimate of drug-likeness (QED) is 0.503. The highest BCUT2D eigenvalue weighted by molar-refractivity contribution is 14.1. The molecule has 0 saturated heterocycles. The molecule has 0 bridgehead atoms. The lowest BCUT2D eigenvalue weighted by Gasteiger charge is -2.09. The Morgan fingerprint density at radius 2 is 1.94 bits per heavy atom. The molecule has 0 aliphatic carbocycles. The van der Waals surface area contributed by atoms with Crippen molar-refractivity contribution in [3.05, 3.63) is 22.6 Å². The van der Waals surface area contributed by atoms with Gasteiger partial charge in [0.25, 0.3) is 5.91 Å². The summed E-state index contributed by atoms with van der Waals surface area (Å²) in [6, 6.07) is 0. The van der Waals surface area contributed by atoms with Crippen LogP contribution in [0.4, 0.5) is 0 Å². The maximum atomic E-state index is 12.0. The van der Waals surface area contributed by atoms with Gasteiger partial charge >= 0.3 is 5.97 Å². The fraction of sp³-hybridized carbons (Fsp3) is 0.500. The monoisotopic (exact) mass is 365 g/mol. The van der Waals surface area contributed by atoms with Crippen LogP contribution < -0.4 is 5.32 Å². The highest BCUT2D eigenvalue weighted by atomic mass is 127. The first-order valence-electron chi connectivity index (χ1n) is 5.45. The van der Waals surface area contributed by atoms with Crippen LogP contribution in [0.15, 0.2) is 4.42 Å². The standard InChI is InChI=1S/C12H16INO4/c1-6-7(2)18-8(3)10(6)11(15)14-5-9(13)12(16)17-4/h9H,5H2,1-4H3,(H,14,15). The number of amides is 1. The van der Waals surface area contributed by atoms with Gasteiger partial charge in [-0.15, -0.1) is 0 Å². The minimum absolute atomic E-state index is 0.229. The number of hydrogen-bond acceptors (Lipinski definition) is 4. The number of carbonyl (C=O) groups is 2. The van der Waals surface area contributed by atoms with Crippen LogP contribution in [0.1, 0.15) is 27.4 Å². The Hall–Kier alpha value is -1.05. The number of methoxy groups -OCH3 is 1. The summed E-state index contributed by atoms with van der Waals surface area (Å²) in [5.74, 6) is 0.738. The number of esters is 1. The SMILES string of the molecule is COC(=O)C(I)CNC(=O)c1c(C)oc(C)c1C. The third-order valence-electron chi connectivity index (χ3n) is 2.69. The van der Waals surface area contributed by atoms with E-state index < -0.39 is 3.92 Å². The molecule has 1 aromatic heterocycles. The molecule has 0 radical (unpaired) electrons. The summed E-state index contributed by atoms with van der Waals surface area (Å²) in [6.45, 7) is 5.63. The molecule has 0 aliphatic heterocycles. The van der Waals surface area contributed by atoms with E-state index in [1.165, 1.54) is 7.11 Å². The smallest absolute Gasteiger partial charge is 0.320 e. The van der Waals surface area contributed by atoms with Crippen molar-refractivity contribution in [2.45, 2.75) is 24.7 Å². The van der Waals surface area contributed by atoms with Gasteiger partial charge in [-0.25, -0.2) is 0 Å². The minimum Gasteiger partial charge on any atom is -0.468 e. The second-order valence-electron chi connectivity index (χ2n) is 3.92. The Bertz CT molecular complexity index is 467. The molecular weight excluding hydrogens is 349 g/mol. The summed E-state index contributed by atoms with van der Waals surface area (Å²) in [7, 11) is 1.32. The minimum atomic E-state index is -0.398. The lowest BCUT2D eigenvalue weighted by molar-refractivity contribution is -0.139. The lowest BCUT2D eigenvalue weighted by atomic mass is 10.1. The van der Waals surface area contributed by atoms with Crippen molar-refractivity contribution < 1.29 is 18.7 Å². The molecular formula is C12H16INO4. The molecule has 100 valence electrons. The lowest BCUT2D eigenvalue weighted by Crippen LogP contribution is -2.34. The van der Waals surface area contributed by atoms with E-state index in [0.29, 0.717) is 11.3 Å². The number of halogens is 1. The zero-order valence-electron chi connectivity index (χ0n) is 10.8. The second-order valence-corrected chi connectivity index (χ2v) is 5.42. The molecule has 1 rings (SSSR count). The van der Waals surface area contributed by atoms with Gasteiger partial charge in [0, 0.05) is 12.1 Å². The fourth-order valence-electron chi connectivity index (χ4n) is 1.61. The first-order chi connectivity index (χ1) is 8.38. The van der Waals surface area contributed by atoms with E-state index in [2.05, 4.69) is 10.1 Å². The van der Waals surface area contributed by atoms with Gasteiger partial charge in [-0.2, -0.15) is 0 Å². The Balaban J connectivity index is 2.69. The zero-order valence-corrected chi connectivity index (χ0v) is 13.0. The van der Waals surface area contributed by atoms with Crippen molar-refractivity contribution in [2.24, 2.45) is 0 Å². The molecule has 1 atom stereocenters. The number of rotatable bonds is 4. The average Bonchev–Trinajstić information content (AvgIpc) is 2.59. The molecule has 1 heterocycles. The van der Waals surface area contributed by atoms with Gasteiger partial charge in [0.15, 0.2) is 0 Å². The topological polar surface area (TPSA) is 68.5 Å². The Labute approximate surface area is 119 Å². The van der Waals surface area contributed by atoms with E-state index in [-0.39, 0.29) is 18.4 Å². The van der Waals surface area contributed by atoms with Crippen molar-refractivity contribution in [3.63, 3.8) is 0 Å². The fourth-order valence-corrected chi connectivity index (χ4v) is 2.08. The van der Waals surface area contributed by atoms with Crippen LogP contribution in [0.2, 0.25) is 0 Å². The molecule has 0 aliphatic rings. The van der Waals surface area contributed by atoms with Gasteiger partial charge in [0.05, 0.1) is 12.7 Å². The van der Waals surface area contributed by atoms with Crippen molar-refractivity contribution in [1.82, 2.24) is 5.32 Å². The molecule has 6 heteroatoms. The van der Waals surface area contributed by atoms with Crippen molar-refractivity contribution in [1.29, 1.82) is 0 Å². The van der Waals surface area contributed by atoms with Crippen LogP contribution >= 0.6 is 22.6 Å². The molecule has 1 amide bonds. The maximum Gasteiger partial charge on any atom is 0.320 e. The highest BCUT2D eigenvalue weighted by Crippen LogP contribution is 2.20. The molecule has 0 aromatic carbocycles. The second kappa shape index (κ2) is 6.21. The zero-order chi connectivity index (χ0) is 13.9. The van der Waals surface area contributed by atoms with E-state index in [4.69, 9.17) is 4.42 Å². The van der Waals surface area contributed by atoms with Crippen molar-refractivity contribution >= 4 is 34.5 Å². The summed E-state index contributed by atoms with van der Waals surface area (Å²) in [4.78, 5) is 23.2. The van der Waals surface area contributed by atoms with Gasteiger partial charge in [-0.3, -0.25) is 9.59 Å². The molecule has 5 nitrogen and oxygen atoms in total. The van der Waals surface area contributed by atoms with Crippen LogP contribution in [0.25, 0.3) is 0 Å². The van der Waals surface area contributed by atoms with Gasteiger partial charge < -0.3 is 14.5 Å². The van der Waals surface area contributed by atoms with Crippen molar-refractivity contribution in [3.8, 4) is 0 Å². The predicted molar refractivity (Wildman–Crippen MR) is 75.1 cm³/mol. The molecule has 0 spiro atoms. The first-order valence-corrected chi connectivity index (χ1v) is 6.69. The molecule has 1 N–H and O–H groups in total. The van der Waals surface area contributed by atoms with Crippen molar-refractivity contribution in [2.75, 3.05) is 13.7 Å². The molecule has 1 aromatic rings. The first kappa shape index (κ1) is 15.0. The number of hydrogen-bond donors (Lipinski definition) is 1. The number of nitrogens with one attached hydrogen (secondary N) is 1. The highest BCUT2D eigenvalue weighted by Gasteiger charge is 2.21. The van der Waals surface area contributed by atoms with Crippen LogP contribution in [-0.2, 0) is 9.53 Å². The summed E-state index contributed by atoms with van der Waals surface area (Å²) in [5, 5.41) is 2.70. The maximum absolute atomic E-state index is 12.0. The summed E-state index contributed by atoms with van der Waals surface area (Å²) >= 11 is 1.93. The van der Waals surface area contributed by atoms with E-state index in [9.17, 15) is 9.59 Å². The Morgan fingerprint density at radius 1 is 1.33 bits per heavy atom. The largest absolute Gasteiger partial charge is 0.468 e. The van der Waals surface area contributed by atoms with Gasteiger partial charge in [0.2, 0.25) is 0 Å². The number of carbonyl (C=O) groups excluding carboxylic acids is 2. The summed E-state index contributed by atoms with van der Waals surface area (Å²) in [6.07, 6.45) is 0. The van der Waals surface area contributed by atoms with E-state index in [1.807, 2.05) is 36.4 Å². The normalized spacial score (nSPS) is 12.1. The van der Waals surface area contributed by atoms with Crippen LogP contribution in [0, 0.1) is 20.8 Å². The summed E-state index contributed by atoms with van der Waals surface area (Å²) in [5.41, 5.74) is 1.37. The molecule has 18 heavy (non-hydrogen) atoms. The van der Waals surface area contributed by atoms with Gasteiger partial charge in [0.1, 0.15) is 15.4 Å². The third kappa shape index (κ3) is 3.24. The Kier molecular flexibility index (Phi) is 5.18. The Morgan fingerprint density at radius 3 is 2.39 bits per heavy atom. The average molecular weight is 365 g/mol. The van der Waals surface area contributed by atoms with Crippen LogP contribution in [0.3, 0.4) is 0 Å². The predicted octanol–water partition coefficient (Wildman–Crippen LogP) is 1.91.